The number of aromatic nitrogens is 4. The molecule has 2 rings (SSSR count). The summed E-state index contributed by atoms with van der Waals surface area (Å²) in [7, 11) is -3.53. The van der Waals surface area contributed by atoms with Crippen LogP contribution in [0.3, 0.4) is 0 Å². The third kappa shape index (κ3) is 2.33. The summed E-state index contributed by atoms with van der Waals surface area (Å²) < 4.78 is 25.9. The van der Waals surface area contributed by atoms with E-state index in [2.05, 4.69) is 15.1 Å². The van der Waals surface area contributed by atoms with Gasteiger partial charge in [-0.05, 0) is 13.0 Å². The molecule has 0 aromatic carbocycles. The molecule has 0 bridgehead atoms. The van der Waals surface area contributed by atoms with Crippen molar-refractivity contribution in [2.24, 2.45) is 0 Å². The molecule has 2 heterocycles. The highest BCUT2D eigenvalue weighted by Gasteiger charge is 2.21. The molecule has 0 radical (unpaired) electrons. The summed E-state index contributed by atoms with van der Waals surface area (Å²) >= 11 is 0. The molecular formula is C10H13N5O2S. The summed E-state index contributed by atoms with van der Waals surface area (Å²) in [5, 5.41) is 3.93. The Morgan fingerprint density at radius 3 is 2.89 bits per heavy atom. The molecule has 0 aliphatic rings. The Morgan fingerprint density at radius 2 is 2.22 bits per heavy atom. The Kier molecular flexibility index (Phi) is 3.28. The van der Waals surface area contributed by atoms with Crippen molar-refractivity contribution in [3.8, 4) is 0 Å². The highest BCUT2D eigenvalue weighted by atomic mass is 32.2. The van der Waals surface area contributed by atoms with E-state index in [0.717, 1.165) is 0 Å². The maximum absolute atomic E-state index is 12.2. The van der Waals surface area contributed by atoms with Crippen molar-refractivity contribution in [2.45, 2.75) is 24.1 Å². The summed E-state index contributed by atoms with van der Waals surface area (Å²) in [6.07, 6.45) is 4.05. The average molecular weight is 267 g/mol. The highest BCUT2D eigenvalue weighted by Crippen LogP contribution is 2.20. The minimum atomic E-state index is -3.53. The van der Waals surface area contributed by atoms with E-state index in [1.54, 1.807) is 0 Å². The van der Waals surface area contributed by atoms with Gasteiger partial charge in [-0.25, -0.2) is 18.1 Å². The van der Waals surface area contributed by atoms with Gasteiger partial charge in [-0.3, -0.25) is 4.98 Å². The molecule has 18 heavy (non-hydrogen) atoms. The minimum Gasteiger partial charge on any atom is -0.396 e. The second kappa shape index (κ2) is 4.73. The van der Waals surface area contributed by atoms with Gasteiger partial charge in [0.1, 0.15) is 17.9 Å². The second-order valence-electron chi connectivity index (χ2n) is 3.66. The first kappa shape index (κ1) is 12.5. The third-order valence-electron chi connectivity index (χ3n) is 2.46. The first-order valence-electron chi connectivity index (χ1n) is 5.33. The summed E-state index contributed by atoms with van der Waals surface area (Å²) in [5.74, 6) is 0.170. The van der Waals surface area contributed by atoms with Gasteiger partial charge in [-0.15, -0.1) is 0 Å². The molecule has 0 fully saturated rings. The van der Waals surface area contributed by atoms with Crippen molar-refractivity contribution in [1.82, 2.24) is 19.7 Å². The SMILES string of the molecule is CCn1ncnc1CS(=O)(=O)c1ccncc1N. The van der Waals surface area contributed by atoms with Gasteiger partial charge in [0.2, 0.25) is 0 Å². The number of rotatable bonds is 4. The van der Waals surface area contributed by atoms with Crippen molar-refractivity contribution in [1.29, 1.82) is 0 Å². The largest absolute Gasteiger partial charge is 0.396 e. The normalized spacial score (nSPS) is 11.6. The van der Waals surface area contributed by atoms with E-state index in [1.807, 2.05) is 6.92 Å². The smallest absolute Gasteiger partial charge is 0.187 e. The number of aryl methyl sites for hydroxylation is 1. The maximum Gasteiger partial charge on any atom is 0.187 e. The van der Waals surface area contributed by atoms with E-state index in [1.165, 1.54) is 29.5 Å². The summed E-state index contributed by atoms with van der Waals surface area (Å²) in [4.78, 5) is 7.78. The zero-order valence-electron chi connectivity index (χ0n) is 9.81. The molecule has 96 valence electrons. The highest BCUT2D eigenvalue weighted by molar-refractivity contribution is 7.90. The molecule has 7 nitrogen and oxygen atoms in total. The molecule has 2 aromatic rings. The summed E-state index contributed by atoms with van der Waals surface area (Å²) in [6, 6.07) is 1.39. The number of anilines is 1. The third-order valence-corrected chi connectivity index (χ3v) is 4.14. The van der Waals surface area contributed by atoms with E-state index in [-0.39, 0.29) is 16.3 Å². The van der Waals surface area contributed by atoms with Gasteiger partial charge in [0.15, 0.2) is 9.84 Å². The van der Waals surface area contributed by atoms with Crippen LogP contribution in [0.4, 0.5) is 5.69 Å². The Hall–Kier alpha value is -1.96. The zero-order valence-corrected chi connectivity index (χ0v) is 10.6. The van der Waals surface area contributed by atoms with Crippen molar-refractivity contribution < 1.29 is 8.42 Å². The molecule has 2 aromatic heterocycles. The van der Waals surface area contributed by atoms with E-state index in [9.17, 15) is 8.42 Å². The van der Waals surface area contributed by atoms with E-state index in [4.69, 9.17) is 5.73 Å². The topological polar surface area (TPSA) is 104 Å². The Bertz CT molecular complexity index is 650. The maximum atomic E-state index is 12.2. The van der Waals surface area contributed by atoms with Crippen molar-refractivity contribution in [2.75, 3.05) is 5.73 Å². The van der Waals surface area contributed by atoms with Crippen molar-refractivity contribution >= 4 is 15.5 Å². The number of hydrogen-bond acceptors (Lipinski definition) is 6. The van der Waals surface area contributed by atoms with Crippen LogP contribution in [0.1, 0.15) is 12.7 Å². The molecule has 0 aliphatic carbocycles. The fourth-order valence-electron chi connectivity index (χ4n) is 1.59. The van der Waals surface area contributed by atoms with Gasteiger partial charge in [0, 0.05) is 12.7 Å². The molecule has 0 unspecified atom stereocenters. The van der Waals surface area contributed by atoms with Crippen LogP contribution in [0.15, 0.2) is 29.7 Å². The van der Waals surface area contributed by atoms with Crippen molar-refractivity contribution in [3.05, 3.63) is 30.6 Å². The van der Waals surface area contributed by atoms with E-state index >= 15 is 0 Å². The van der Waals surface area contributed by atoms with Crippen LogP contribution in [0.25, 0.3) is 0 Å². The number of nitrogens with zero attached hydrogens (tertiary/aromatic N) is 4. The fraction of sp³-hybridized carbons (Fsp3) is 0.300. The molecule has 2 N–H and O–H groups in total. The lowest BCUT2D eigenvalue weighted by Crippen LogP contribution is -2.13. The molecule has 0 saturated carbocycles. The lowest BCUT2D eigenvalue weighted by atomic mass is 10.4. The number of nitrogens with two attached hydrogens (primary N) is 1. The lowest BCUT2D eigenvalue weighted by molar-refractivity contribution is 0.584. The molecule has 0 amide bonds. The van der Waals surface area contributed by atoms with Crippen LogP contribution < -0.4 is 5.73 Å². The van der Waals surface area contributed by atoms with Gasteiger partial charge in [0.25, 0.3) is 0 Å². The number of pyridine rings is 1. The van der Waals surface area contributed by atoms with Crippen molar-refractivity contribution in [3.63, 3.8) is 0 Å². The van der Waals surface area contributed by atoms with Crippen LogP contribution >= 0.6 is 0 Å². The molecule has 0 saturated heterocycles. The van der Waals surface area contributed by atoms with Crippen LogP contribution in [0, 0.1) is 0 Å². The van der Waals surface area contributed by atoms with Gasteiger partial charge in [0.05, 0.1) is 16.8 Å². The standard InChI is InChI=1S/C10H13N5O2S/c1-2-15-10(13-7-14-15)6-18(16,17)9-3-4-12-5-8(9)11/h3-5,7H,2,6,11H2,1H3. The number of nitrogen functional groups attached to an aromatic ring is 1. The fourth-order valence-corrected chi connectivity index (χ4v) is 2.99. The van der Waals surface area contributed by atoms with Gasteiger partial charge in [-0.1, -0.05) is 0 Å². The Labute approximate surface area is 105 Å². The molecule has 0 aliphatic heterocycles. The average Bonchev–Trinajstić information content (AvgIpc) is 2.76. The summed E-state index contributed by atoms with van der Waals surface area (Å²) in [6.45, 7) is 2.43. The molecular weight excluding hydrogens is 254 g/mol. The predicted molar refractivity (Wildman–Crippen MR) is 65.2 cm³/mol. The van der Waals surface area contributed by atoms with Crippen LogP contribution in [0.2, 0.25) is 0 Å². The quantitative estimate of drug-likeness (QED) is 0.851. The Balaban J connectivity index is 2.37. The van der Waals surface area contributed by atoms with E-state index in [0.29, 0.717) is 12.4 Å². The first-order chi connectivity index (χ1) is 8.54. The minimum absolute atomic E-state index is 0.0724. The monoisotopic (exact) mass is 267 g/mol. The van der Waals surface area contributed by atoms with E-state index < -0.39 is 9.84 Å². The zero-order chi connectivity index (χ0) is 13.2. The molecule has 0 spiro atoms. The van der Waals surface area contributed by atoms with Crippen LogP contribution in [-0.4, -0.2) is 28.2 Å². The predicted octanol–water partition coefficient (Wildman–Crippen LogP) is 0.249. The summed E-state index contributed by atoms with van der Waals surface area (Å²) in [5.41, 5.74) is 5.76. The molecule has 8 heteroatoms. The molecule has 0 atom stereocenters. The van der Waals surface area contributed by atoms with Crippen LogP contribution in [0.5, 0.6) is 0 Å². The number of sulfone groups is 1. The van der Waals surface area contributed by atoms with Gasteiger partial charge < -0.3 is 5.73 Å². The first-order valence-corrected chi connectivity index (χ1v) is 6.98. The second-order valence-corrected chi connectivity index (χ2v) is 5.62. The van der Waals surface area contributed by atoms with Crippen LogP contribution in [-0.2, 0) is 22.1 Å². The lowest BCUT2D eigenvalue weighted by Gasteiger charge is -2.07. The van der Waals surface area contributed by atoms with Gasteiger partial charge >= 0.3 is 0 Å². The number of hydrogen-bond donors (Lipinski definition) is 1. The Morgan fingerprint density at radius 1 is 1.44 bits per heavy atom. The van der Waals surface area contributed by atoms with Gasteiger partial charge in [-0.2, -0.15) is 5.10 Å².